The van der Waals surface area contributed by atoms with Gasteiger partial charge in [-0.05, 0) is 30.3 Å². The molecule has 3 rings (SSSR count). The lowest BCUT2D eigenvalue weighted by atomic mass is 10.1. The van der Waals surface area contributed by atoms with Crippen molar-refractivity contribution in [2.24, 2.45) is 0 Å². The summed E-state index contributed by atoms with van der Waals surface area (Å²) in [5.41, 5.74) is -0.560. The van der Waals surface area contributed by atoms with Crippen molar-refractivity contribution in [1.82, 2.24) is 9.97 Å². The van der Waals surface area contributed by atoms with Crippen LogP contribution in [0.1, 0.15) is 12.0 Å². The van der Waals surface area contributed by atoms with Gasteiger partial charge in [-0.3, -0.25) is 0 Å². The quantitative estimate of drug-likeness (QED) is 0.469. The van der Waals surface area contributed by atoms with Crippen molar-refractivity contribution < 1.29 is 22.0 Å². The van der Waals surface area contributed by atoms with Crippen LogP contribution in [0.15, 0.2) is 42.7 Å². The zero-order valence-corrected chi connectivity index (χ0v) is 13.8. The van der Waals surface area contributed by atoms with Crippen LogP contribution in [0.25, 0.3) is 10.9 Å². The predicted molar refractivity (Wildman–Crippen MR) is 91.4 cm³/mol. The Hall–Kier alpha value is -3.21. The summed E-state index contributed by atoms with van der Waals surface area (Å²) in [7, 11) is 0. The molecule has 0 fully saturated rings. The molecular formula is C19H12F5N3. The number of terminal acetylenes is 1. The van der Waals surface area contributed by atoms with Crippen molar-refractivity contribution in [3.63, 3.8) is 0 Å². The Morgan fingerprint density at radius 3 is 2.37 bits per heavy atom. The largest absolute Gasteiger partial charge is 0.416 e. The van der Waals surface area contributed by atoms with Gasteiger partial charge in [0.05, 0.1) is 5.56 Å². The van der Waals surface area contributed by atoms with Gasteiger partial charge in [-0.2, -0.15) is 13.2 Å². The number of anilines is 2. The van der Waals surface area contributed by atoms with Gasteiger partial charge in [0.1, 0.15) is 23.5 Å². The molecule has 0 amide bonds. The van der Waals surface area contributed by atoms with E-state index in [1.807, 2.05) is 0 Å². The molecule has 1 aromatic heterocycles. The van der Waals surface area contributed by atoms with E-state index in [1.54, 1.807) is 0 Å². The molecule has 0 saturated heterocycles. The molecule has 3 aromatic rings. The highest BCUT2D eigenvalue weighted by molar-refractivity contribution is 5.91. The Balaban J connectivity index is 2.14. The lowest BCUT2D eigenvalue weighted by Gasteiger charge is -2.24. The molecule has 3 nitrogen and oxygen atoms in total. The minimum Gasteiger partial charge on any atom is -0.325 e. The average Bonchev–Trinajstić information content (AvgIpc) is 2.62. The molecule has 0 aliphatic carbocycles. The first-order valence-electron chi connectivity index (χ1n) is 7.79. The van der Waals surface area contributed by atoms with Crippen LogP contribution < -0.4 is 4.90 Å². The van der Waals surface area contributed by atoms with Crippen molar-refractivity contribution in [2.45, 2.75) is 12.6 Å². The molecule has 0 radical (unpaired) electrons. The maximum absolute atomic E-state index is 14.0. The number of hydrogen-bond acceptors (Lipinski definition) is 3. The molecule has 0 saturated carbocycles. The summed E-state index contributed by atoms with van der Waals surface area (Å²) in [4.78, 5) is 9.40. The lowest BCUT2D eigenvalue weighted by molar-refractivity contribution is -0.137. The van der Waals surface area contributed by atoms with E-state index >= 15 is 0 Å². The molecule has 2 aromatic carbocycles. The van der Waals surface area contributed by atoms with Gasteiger partial charge in [0, 0.05) is 30.1 Å². The summed E-state index contributed by atoms with van der Waals surface area (Å²) in [5.74, 6) is 0.896. The Labute approximate surface area is 151 Å². The van der Waals surface area contributed by atoms with Gasteiger partial charge in [0.15, 0.2) is 5.82 Å². The molecule has 0 spiro atoms. The first-order chi connectivity index (χ1) is 12.8. The van der Waals surface area contributed by atoms with E-state index in [0.29, 0.717) is 11.8 Å². The van der Waals surface area contributed by atoms with Gasteiger partial charge in [-0.25, -0.2) is 18.7 Å². The highest BCUT2D eigenvalue weighted by atomic mass is 19.4. The van der Waals surface area contributed by atoms with Gasteiger partial charge in [-0.1, -0.05) is 0 Å². The van der Waals surface area contributed by atoms with Crippen LogP contribution in [0.2, 0.25) is 0 Å². The number of rotatable bonds is 4. The van der Waals surface area contributed by atoms with E-state index in [4.69, 9.17) is 6.42 Å². The SMILES string of the molecule is C#CCCN(c1ccc(C(F)(F)F)cc1)c1ncnc2c(F)cc(F)cc12. The normalized spacial score (nSPS) is 11.4. The Morgan fingerprint density at radius 1 is 1.04 bits per heavy atom. The molecular weight excluding hydrogens is 365 g/mol. The molecule has 8 heteroatoms. The van der Waals surface area contributed by atoms with Crippen molar-refractivity contribution in [2.75, 3.05) is 11.4 Å². The van der Waals surface area contributed by atoms with Crippen LogP contribution >= 0.6 is 0 Å². The van der Waals surface area contributed by atoms with Gasteiger partial charge < -0.3 is 4.90 Å². The predicted octanol–water partition coefficient (Wildman–Crippen LogP) is 5.09. The summed E-state index contributed by atoms with van der Waals surface area (Å²) >= 11 is 0. The second kappa shape index (κ2) is 7.19. The first-order valence-corrected chi connectivity index (χ1v) is 7.79. The molecule has 0 bridgehead atoms. The summed E-state index contributed by atoms with van der Waals surface area (Å²) in [6.45, 7) is 0.187. The first kappa shape index (κ1) is 18.6. The van der Waals surface area contributed by atoms with Gasteiger partial charge >= 0.3 is 6.18 Å². The maximum Gasteiger partial charge on any atom is 0.416 e. The summed E-state index contributed by atoms with van der Waals surface area (Å²) in [6, 6.07) is 6.11. The van der Waals surface area contributed by atoms with Crippen molar-refractivity contribution >= 4 is 22.4 Å². The summed E-state index contributed by atoms with van der Waals surface area (Å²) < 4.78 is 66.1. The van der Waals surface area contributed by atoms with Crippen LogP contribution in [-0.2, 0) is 6.18 Å². The van der Waals surface area contributed by atoms with Crippen LogP contribution in [0.5, 0.6) is 0 Å². The highest BCUT2D eigenvalue weighted by Crippen LogP contribution is 2.34. The number of nitrogens with zero attached hydrogens (tertiary/aromatic N) is 3. The van der Waals surface area contributed by atoms with Crippen molar-refractivity contribution in [3.05, 3.63) is 59.9 Å². The topological polar surface area (TPSA) is 29.0 Å². The standard InChI is InChI=1S/C19H12F5N3/c1-2-3-8-27(14-6-4-12(5-7-14)19(22,23)24)18-15-9-13(20)10-16(21)17(15)25-11-26-18/h1,4-7,9-11H,3,8H2. The fraction of sp³-hybridized carbons (Fsp3) is 0.158. The van der Waals surface area contributed by atoms with Crippen LogP contribution in [0.4, 0.5) is 33.5 Å². The molecule has 1 heterocycles. The van der Waals surface area contributed by atoms with E-state index in [9.17, 15) is 22.0 Å². The molecule has 138 valence electrons. The third-order valence-corrected chi connectivity index (χ3v) is 3.88. The highest BCUT2D eigenvalue weighted by Gasteiger charge is 2.30. The average molecular weight is 377 g/mol. The smallest absolute Gasteiger partial charge is 0.325 e. The zero-order chi connectivity index (χ0) is 19.6. The number of halogens is 5. The number of hydrogen-bond donors (Lipinski definition) is 0. The summed E-state index contributed by atoms with van der Waals surface area (Å²) in [5, 5.41) is 0.0897. The molecule has 0 aliphatic rings. The van der Waals surface area contributed by atoms with Gasteiger partial charge in [0.25, 0.3) is 0 Å². The molecule has 0 atom stereocenters. The van der Waals surface area contributed by atoms with E-state index in [1.165, 1.54) is 17.0 Å². The molecule has 0 aliphatic heterocycles. The number of fused-ring (bicyclic) bond motifs is 1. The lowest BCUT2D eigenvalue weighted by Crippen LogP contribution is -2.20. The fourth-order valence-corrected chi connectivity index (χ4v) is 2.66. The second-order valence-electron chi connectivity index (χ2n) is 5.63. The van der Waals surface area contributed by atoms with E-state index < -0.39 is 23.4 Å². The van der Waals surface area contributed by atoms with Crippen LogP contribution in [-0.4, -0.2) is 16.5 Å². The zero-order valence-electron chi connectivity index (χ0n) is 13.8. The third kappa shape index (κ3) is 3.82. The van der Waals surface area contributed by atoms with Gasteiger partial charge in [-0.15, -0.1) is 12.3 Å². The Morgan fingerprint density at radius 2 is 1.74 bits per heavy atom. The maximum atomic E-state index is 14.0. The van der Waals surface area contributed by atoms with Crippen LogP contribution in [0.3, 0.4) is 0 Å². The number of aromatic nitrogens is 2. The minimum atomic E-state index is -4.48. The van der Waals surface area contributed by atoms with Crippen LogP contribution in [0, 0.1) is 24.0 Å². The molecule has 27 heavy (non-hydrogen) atoms. The number of alkyl halides is 3. The van der Waals surface area contributed by atoms with Crippen molar-refractivity contribution in [1.29, 1.82) is 0 Å². The van der Waals surface area contributed by atoms with Crippen molar-refractivity contribution in [3.8, 4) is 12.3 Å². The number of benzene rings is 2. The monoisotopic (exact) mass is 377 g/mol. The molecule has 0 N–H and O–H groups in total. The Kier molecular flexibility index (Phi) is 4.95. The second-order valence-corrected chi connectivity index (χ2v) is 5.63. The fourth-order valence-electron chi connectivity index (χ4n) is 2.66. The van der Waals surface area contributed by atoms with E-state index in [2.05, 4.69) is 15.9 Å². The summed E-state index contributed by atoms with van der Waals surface area (Å²) in [6.07, 6.45) is 2.16. The van der Waals surface area contributed by atoms with E-state index in [-0.39, 0.29) is 29.7 Å². The molecule has 0 unspecified atom stereocenters. The van der Waals surface area contributed by atoms with E-state index in [0.717, 1.165) is 24.5 Å². The van der Waals surface area contributed by atoms with Gasteiger partial charge in [0.2, 0.25) is 0 Å². The minimum absolute atomic E-state index is 0.0897. The Bertz CT molecular complexity index is 1010. The third-order valence-electron chi connectivity index (χ3n) is 3.88.